The zero-order chi connectivity index (χ0) is 95.8. The third-order valence-electron chi connectivity index (χ3n) is 27.5. The fourth-order valence-corrected chi connectivity index (χ4v) is 20.8. The van der Waals surface area contributed by atoms with E-state index < -0.39 is 0 Å². The predicted octanol–water partition coefficient (Wildman–Crippen LogP) is 38.3. The fraction of sp³-hybridized carbons (Fsp3) is 0.136. The van der Waals surface area contributed by atoms with Gasteiger partial charge in [-0.3, -0.25) is 0 Å². The summed E-state index contributed by atoms with van der Waals surface area (Å²) in [5.41, 5.74) is 43.8. The molecule has 6 heteroatoms. The summed E-state index contributed by atoms with van der Waals surface area (Å²) in [6.45, 7) is 39.7. The van der Waals surface area contributed by atoms with Crippen molar-refractivity contribution in [3.63, 3.8) is 0 Å². The van der Waals surface area contributed by atoms with Gasteiger partial charge < -0.3 is 29.4 Å². The van der Waals surface area contributed by atoms with Crippen LogP contribution in [0.15, 0.2) is 400 Å². The standard InChI is InChI=1S/C48H48N2.C44H40N2.C40H32N2/c1-29-15-30(2)20-41(19-29)49(42-21-31(3)16-32(4)22-42)39-11-13-45-38(10)48-28-40(12-14-46(48)37(9)47(45)27-39)50(43-23-33(5)17-34(6)24-43)44-25-35(7)18-36(8)26-44;1-29-7-15-35(16-8-29)45(36-17-9-30(2)10-18-36)39-23-25-41-34(6)44-28-40(24-26-42(44)33(5)43(41)27-39)46(37-19-11-31(3)12-20-37)38-21-13-32(4)14-22-38;1-29-37-25-23-36(42(33-19-11-5-12-20-33)34-21-13-6-14-22-34)28-40(37)30(2)38-26-24-35(27-39(29)38)41(31-15-7-3-8-16-31)32-17-9-4-10-18-32/h11-28H,1-10H3;7-28H,1-6H3;3-28H,1-2H3. The minimum Gasteiger partial charge on any atom is -0.310 e. The highest BCUT2D eigenvalue weighted by molar-refractivity contribution is 6.12. The fourth-order valence-electron chi connectivity index (χ4n) is 20.8. The smallest absolute Gasteiger partial charge is 0.0468 e. The van der Waals surface area contributed by atoms with Gasteiger partial charge in [-0.25, -0.2) is 0 Å². The van der Waals surface area contributed by atoms with Gasteiger partial charge in [-0.05, 0) is 486 Å². The normalized spacial score (nSPS) is 11.3. The van der Waals surface area contributed by atoms with E-state index in [4.69, 9.17) is 0 Å². The van der Waals surface area contributed by atoms with Crippen molar-refractivity contribution in [1.82, 2.24) is 0 Å². The third-order valence-corrected chi connectivity index (χ3v) is 27.5. The van der Waals surface area contributed by atoms with Gasteiger partial charge in [-0.2, -0.15) is 0 Å². The first-order valence-corrected chi connectivity index (χ1v) is 48.3. The highest BCUT2D eigenvalue weighted by Gasteiger charge is 2.26. The van der Waals surface area contributed by atoms with Crippen molar-refractivity contribution in [2.24, 2.45) is 0 Å². The van der Waals surface area contributed by atoms with Gasteiger partial charge in [0.2, 0.25) is 0 Å². The summed E-state index contributed by atoms with van der Waals surface area (Å²) in [7, 11) is 0. The number of nitrogens with zero attached hydrogens (tertiary/aromatic N) is 6. The Morgan fingerprint density at radius 1 is 0.0942 bits per heavy atom. The Kier molecular flexibility index (Phi) is 25.6. The lowest BCUT2D eigenvalue weighted by Crippen LogP contribution is -2.11. The first kappa shape index (κ1) is 91.1. The minimum absolute atomic E-state index is 1.14. The van der Waals surface area contributed by atoms with Crippen molar-refractivity contribution < 1.29 is 0 Å². The molecule has 0 N–H and O–H groups in total. The maximum Gasteiger partial charge on any atom is 0.0468 e. The Balaban J connectivity index is 0.000000133. The molecule has 0 spiro atoms. The van der Waals surface area contributed by atoms with Crippen LogP contribution in [0.2, 0.25) is 0 Å². The SMILES string of the molecule is Cc1c2ccc(N(c3ccccc3)c3ccccc3)cc2c(C)c2ccc(N(c3ccccc3)c3ccccc3)cc12.Cc1cc(C)cc(N(c2cc(C)cc(C)c2)c2ccc3c(C)c4cc(N(c5cc(C)cc(C)c5)c5cc(C)cc(C)c5)ccc4c(C)c3c2)c1.Cc1ccc(N(c2ccc(C)cc2)c2ccc3c(C)c4cc(N(c5ccc(C)cc5)c5ccc(C)cc5)ccc4c(C)c3c2)cc1. The molecule has 6 nitrogen and oxygen atoms in total. The van der Waals surface area contributed by atoms with Crippen LogP contribution in [-0.4, -0.2) is 0 Å². The van der Waals surface area contributed by atoms with Crippen LogP contribution in [0.3, 0.4) is 0 Å². The topological polar surface area (TPSA) is 19.4 Å². The van der Waals surface area contributed by atoms with Crippen LogP contribution in [0.1, 0.15) is 100 Å². The summed E-state index contributed by atoms with van der Waals surface area (Å²) in [5, 5.41) is 15.4. The lowest BCUT2D eigenvalue weighted by Gasteiger charge is -2.28. The van der Waals surface area contributed by atoms with Gasteiger partial charge in [0.05, 0.1) is 0 Å². The number of anilines is 18. The highest BCUT2D eigenvalue weighted by Crippen LogP contribution is 2.49. The number of aryl methyl sites for hydroxylation is 18. The molecule has 0 atom stereocenters. The summed E-state index contributed by atoms with van der Waals surface area (Å²) >= 11 is 0. The lowest BCUT2D eigenvalue weighted by molar-refractivity contribution is 1.23. The summed E-state index contributed by atoms with van der Waals surface area (Å²) < 4.78 is 0. The second kappa shape index (κ2) is 38.8. The molecule has 0 aliphatic rings. The van der Waals surface area contributed by atoms with Crippen molar-refractivity contribution in [2.75, 3.05) is 29.4 Å². The zero-order valence-electron chi connectivity index (χ0n) is 82.8. The van der Waals surface area contributed by atoms with Gasteiger partial charge in [-0.1, -0.05) is 204 Å². The molecule has 0 fully saturated rings. The number of hydrogen-bond donors (Lipinski definition) is 0. The Labute approximate surface area is 815 Å². The highest BCUT2D eigenvalue weighted by atomic mass is 15.2. The van der Waals surface area contributed by atoms with Crippen molar-refractivity contribution in [2.45, 2.75) is 125 Å². The van der Waals surface area contributed by atoms with E-state index in [2.05, 4.69) is 554 Å². The molecule has 0 heterocycles. The molecular weight excluding hydrogens is 1670 g/mol. The van der Waals surface area contributed by atoms with Crippen LogP contribution in [0, 0.1) is 125 Å². The van der Waals surface area contributed by atoms with Crippen molar-refractivity contribution in [3.05, 3.63) is 501 Å². The Hall–Kier alpha value is -16.0. The number of fused-ring (bicyclic) bond motifs is 6. The molecule has 21 aromatic rings. The largest absolute Gasteiger partial charge is 0.310 e. The van der Waals surface area contributed by atoms with Crippen LogP contribution in [0.25, 0.3) is 64.6 Å². The summed E-state index contributed by atoms with van der Waals surface area (Å²) in [5.74, 6) is 0. The molecule has 0 amide bonds. The molecule has 0 aliphatic heterocycles. The zero-order valence-corrected chi connectivity index (χ0v) is 82.8. The molecule has 0 saturated carbocycles. The molecule has 0 unspecified atom stereocenters. The molecule has 0 saturated heterocycles. The van der Waals surface area contributed by atoms with E-state index in [0.29, 0.717) is 0 Å². The molecule has 0 radical (unpaired) electrons. The van der Waals surface area contributed by atoms with Gasteiger partial charge in [0.25, 0.3) is 0 Å². The summed E-state index contributed by atoms with van der Waals surface area (Å²) in [6.07, 6.45) is 0. The first-order valence-electron chi connectivity index (χ1n) is 48.3. The second-order valence-electron chi connectivity index (χ2n) is 38.2. The molecule has 21 rings (SSSR count). The van der Waals surface area contributed by atoms with E-state index >= 15 is 0 Å². The molecule has 0 bridgehead atoms. The maximum atomic E-state index is 2.42. The van der Waals surface area contributed by atoms with Gasteiger partial charge in [0.1, 0.15) is 0 Å². The van der Waals surface area contributed by atoms with Crippen LogP contribution >= 0.6 is 0 Å². The van der Waals surface area contributed by atoms with Crippen LogP contribution in [-0.2, 0) is 0 Å². The molecule has 0 aromatic heterocycles. The van der Waals surface area contributed by atoms with Gasteiger partial charge in [-0.15, -0.1) is 0 Å². The van der Waals surface area contributed by atoms with Gasteiger partial charge in [0, 0.05) is 102 Å². The van der Waals surface area contributed by atoms with E-state index in [0.717, 1.165) is 68.2 Å². The van der Waals surface area contributed by atoms with E-state index in [9.17, 15) is 0 Å². The average Bonchev–Trinajstić information content (AvgIpc) is 0.744. The Morgan fingerprint density at radius 2 is 0.225 bits per heavy atom. The third kappa shape index (κ3) is 18.6. The molecule has 138 heavy (non-hydrogen) atoms. The van der Waals surface area contributed by atoms with Crippen LogP contribution < -0.4 is 29.4 Å². The van der Waals surface area contributed by atoms with E-state index in [1.807, 2.05) is 0 Å². The summed E-state index contributed by atoms with van der Waals surface area (Å²) in [6, 6.07) is 147. The number of para-hydroxylation sites is 4. The summed E-state index contributed by atoms with van der Waals surface area (Å²) in [4.78, 5) is 14.2. The van der Waals surface area contributed by atoms with Crippen molar-refractivity contribution >= 4 is 167 Å². The average molecular weight is 1790 g/mol. The number of benzene rings is 21. The quantitative estimate of drug-likeness (QED) is 0.0792. The van der Waals surface area contributed by atoms with E-state index in [1.165, 1.54) is 199 Å². The molecule has 21 aromatic carbocycles. The second-order valence-corrected chi connectivity index (χ2v) is 38.2. The van der Waals surface area contributed by atoms with E-state index in [1.54, 1.807) is 0 Å². The predicted molar refractivity (Wildman–Crippen MR) is 598 cm³/mol. The first-order chi connectivity index (χ1) is 66.8. The van der Waals surface area contributed by atoms with Gasteiger partial charge >= 0.3 is 0 Å². The Morgan fingerprint density at radius 3 is 0.377 bits per heavy atom. The molecular formula is C132H120N6. The number of rotatable bonds is 18. The van der Waals surface area contributed by atoms with Crippen LogP contribution in [0.5, 0.6) is 0 Å². The Bertz CT molecular complexity index is 7290. The molecule has 0 aliphatic carbocycles. The lowest BCUT2D eigenvalue weighted by atomic mass is 9.92. The number of hydrogen-bond acceptors (Lipinski definition) is 6. The molecule has 678 valence electrons. The van der Waals surface area contributed by atoms with Gasteiger partial charge in [0.15, 0.2) is 0 Å². The van der Waals surface area contributed by atoms with E-state index in [-0.39, 0.29) is 0 Å². The minimum atomic E-state index is 1.14. The monoisotopic (exact) mass is 1790 g/mol. The van der Waals surface area contributed by atoms with Crippen molar-refractivity contribution in [3.8, 4) is 0 Å². The van der Waals surface area contributed by atoms with Crippen molar-refractivity contribution in [1.29, 1.82) is 0 Å². The van der Waals surface area contributed by atoms with Crippen LogP contribution in [0.4, 0.5) is 102 Å². The maximum absolute atomic E-state index is 2.42.